The van der Waals surface area contributed by atoms with Crippen LogP contribution in [0.25, 0.3) is 0 Å². The molecule has 160 valence electrons. The van der Waals surface area contributed by atoms with Crippen molar-refractivity contribution in [3.05, 3.63) is 22.4 Å². The van der Waals surface area contributed by atoms with Crippen molar-refractivity contribution in [3.63, 3.8) is 0 Å². The molecule has 1 atom stereocenters. The maximum absolute atomic E-state index is 12.3. The predicted octanol–water partition coefficient (Wildman–Crippen LogP) is 2.17. The van der Waals surface area contributed by atoms with Crippen LogP contribution in [0, 0.1) is 0 Å². The third kappa shape index (κ3) is 8.34. The number of halogens is 3. The number of guanidine groups is 1. The van der Waals surface area contributed by atoms with Gasteiger partial charge in [-0.25, -0.2) is 0 Å². The molecule has 0 amide bonds. The maximum Gasteiger partial charge on any atom is 0.401 e. The molecule has 1 unspecified atom stereocenters. The number of hydrogen-bond donors (Lipinski definition) is 2. The van der Waals surface area contributed by atoms with E-state index in [1.165, 1.54) is 16.8 Å². The Kier molecular flexibility index (Phi) is 9.49. The Bertz CT molecular complexity index is 576. The lowest BCUT2D eigenvalue weighted by atomic mass is 10.2. The molecule has 1 saturated heterocycles. The second-order valence-electron chi connectivity index (χ2n) is 6.77. The van der Waals surface area contributed by atoms with Crippen molar-refractivity contribution < 1.29 is 17.9 Å². The summed E-state index contributed by atoms with van der Waals surface area (Å²) in [6.45, 7) is 4.00. The van der Waals surface area contributed by atoms with E-state index in [0.29, 0.717) is 32.0 Å². The second-order valence-corrected chi connectivity index (χ2v) is 7.75. The molecule has 0 radical (unpaired) electrons. The van der Waals surface area contributed by atoms with E-state index in [9.17, 15) is 13.2 Å². The molecule has 2 N–H and O–H groups in total. The van der Waals surface area contributed by atoms with Crippen LogP contribution in [0.4, 0.5) is 13.2 Å². The van der Waals surface area contributed by atoms with Crippen LogP contribution in [0.15, 0.2) is 22.5 Å². The van der Waals surface area contributed by atoms with Gasteiger partial charge in [-0.1, -0.05) is 6.07 Å². The zero-order chi connectivity index (χ0) is 20.4. The molecule has 1 fully saturated rings. The molecular weight excluding hydrogens is 391 g/mol. The number of morpholine rings is 1. The third-order valence-corrected chi connectivity index (χ3v) is 5.48. The molecule has 1 aromatic heterocycles. The molecule has 6 nitrogen and oxygen atoms in total. The van der Waals surface area contributed by atoms with Crippen molar-refractivity contribution in [1.82, 2.24) is 20.4 Å². The third-order valence-electron chi connectivity index (χ3n) is 4.50. The van der Waals surface area contributed by atoms with E-state index in [0.717, 1.165) is 26.3 Å². The molecule has 0 saturated carbocycles. The summed E-state index contributed by atoms with van der Waals surface area (Å²) in [5, 5.41) is 8.61. The Morgan fingerprint density at radius 3 is 2.71 bits per heavy atom. The van der Waals surface area contributed by atoms with E-state index in [-0.39, 0.29) is 6.04 Å². The van der Waals surface area contributed by atoms with Crippen LogP contribution in [-0.4, -0.2) is 88.5 Å². The topological polar surface area (TPSA) is 52.1 Å². The van der Waals surface area contributed by atoms with Crippen LogP contribution in [0.3, 0.4) is 0 Å². The lowest BCUT2D eigenvalue weighted by Gasteiger charge is -2.34. The zero-order valence-corrected chi connectivity index (χ0v) is 17.3. The summed E-state index contributed by atoms with van der Waals surface area (Å²) in [5.74, 6) is 0.660. The van der Waals surface area contributed by atoms with Gasteiger partial charge in [-0.2, -0.15) is 13.2 Å². The lowest BCUT2D eigenvalue weighted by Crippen LogP contribution is -2.46. The van der Waals surface area contributed by atoms with Gasteiger partial charge in [0.1, 0.15) is 0 Å². The summed E-state index contributed by atoms with van der Waals surface area (Å²) in [7, 11) is 3.18. The Morgan fingerprint density at radius 1 is 1.36 bits per heavy atom. The minimum Gasteiger partial charge on any atom is -0.379 e. The van der Waals surface area contributed by atoms with Crippen LogP contribution in [0.2, 0.25) is 0 Å². The first-order valence-corrected chi connectivity index (χ1v) is 10.3. The van der Waals surface area contributed by atoms with E-state index in [1.807, 2.05) is 0 Å². The van der Waals surface area contributed by atoms with Crippen molar-refractivity contribution in [2.24, 2.45) is 4.99 Å². The van der Waals surface area contributed by atoms with E-state index in [4.69, 9.17) is 4.74 Å². The Labute approximate surface area is 168 Å². The van der Waals surface area contributed by atoms with E-state index in [1.54, 1.807) is 18.4 Å². The molecule has 2 heterocycles. The quantitative estimate of drug-likeness (QED) is 0.364. The number of aliphatic imine (C=N–C) groups is 1. The summed E-state index contributed by atoms with van der Waals surface area (Å²) >= 11 is 1.73. The average molecular weight is 422 g/mol. The number of ether oxygens (including phenoxy) is 1. The summed E-state index contributed by atoms with van der Waals surface area (Å²) in [5.41, 5.74) is 0. The molecule has 1 aromatic rings. The largest absolute Gasteiger partial charge is 0.401 e. The fourth-order valence-corrected chi connectivity index (χ4v) is 4.00. The monoisotopic (exact) mass is 421 g/mol. The van der Waals surface area contributed by atoms with E-state index < -0.39 is 12.7 Å². The summed E-state index contributed by atoms with van der Waals surface area (Å²) in [6, 6.07) is 4.43. The first-order valence-electron chi connectivity index (χ1n) is 9.44. The normalized spacial score (nSPS) is 17.7. The summed E-state index contributed by atoms with van der Waals surface area (Å²) < 4.78 is 42.5. The molecule has 0 aliphatic carbocycles. The SMILES string of the molecule is CN=C(NCCCN(C)CC(F)(F)F)NCC(c1cccs1)N1CCOCC1. The van der Waals surface area contributed by atoms with E-state index in [2.05, 4.69) is 38.0 Å². The van der Waals surface area contributed by atoms with Crippen molar-refractivity contribution in [2.45, 2.75) is 18.6 Å². The summed E-state index contributed by atoms with van der Waals surface area (Å²) in [6.07, 6.45) is -3.55. The number of nitrogens with one attached hydrogen (secondary N) is 2. The Morgan fingerprint density at radius 2 is 2.11 bits per heavy atom. The fraction of sp³-hybridized carbons (Fsp3) is 0.722. The second kappa shape index (κ2) is 11.6. The van der Waals surface area contributed by atoms with Gasteiger partial charge < -0.3 is 15.4 Å². The molecular formula is C18H30F3N5OS. The van der Waals surface area contributed by atoms with Crippen molar-refractivity contribution in [3.8, 4) is 0 Å². The molecule has 1 aliphatic rings. The molecule has 2 rings (SSSR count). The van der Waals surface area contributed by atoms with Gasteiger partial charge in [-0.05, 0) is 31.5 Å². The van der Waals surface area contributed by atoms with Crippen LogP contribution in [0.1, 0.15) is 17.3 Å². The highest BCUT2D eigenvalue weighted by molar-refractivity contribution is 7.10. The Hall–Kier alpha value is -1.36. The van der Waals surface area contributed by atoms with Crippen molar-refractivity contribution >= 4 is 17.3 Å². The zero-order valence-electron chi connectivity index (χ0n) is 16.5. The van der Waals surface area contributed by atoms with Gasteiger partial charge >= 0.3 is 6.18 Å². The molecule has 1 aliphatic heterocycles. The van der Waals surface area contributed by atoms with E-state index >= 15 is 0 Å². The lowest BCUT2D eigenvalue weighted by molar-refractivity contribution is -0.143. The standard InChI is InChI=1S/C18H30F3N5OS/c1-22-17(23-6-4-7-25(2)14-18(19,20)21)24-13-15(16-5-3-12-28-16)26-8-10-27-11-9-26/h3,5,12,15H,4,6-11,13-14H2,1-2H3,(H2,22,23,24). The highest BCUT2D eigenvalue weighted by Gasteiger charge is 2.28. The van der Waals surface area contributed by atoms with Crippen LogP contribution >= 0.6 is 11.3 Å². The van der Waals surface area contributed by atoms with Crippen LogP contribution < -0.4 is 10.6 Å². The molecule has 28 heavy (non-hydrogen) atoms. The minimum absolute atomic E-state index is 0.236. The Balaban J connectivity index is 1.76. The van der Waals surface area contributed by atoms with Gasteiger partial charge in [0.05, 0.1) is 25.8 Å². The molecule has 0 aromatic carbocycles. The first kappa shape index (κ1) is 22.9. The maximum atomic E-state index is 12.3. The molecule has 0 spiro atoms. The highest BCUT2D eigenvalue weighted by Crippen LogP contribution is 2.25. The number of alkyl halides is 3. The molecule has 0 bridgehead atoms. The minimum atomic E-state index is -4.16. The highest BCUT2D eigenvalue weighted by atomic mass is 32.1. The van der Waals surface area contributed by atoms with Gasteiger partial charge in [0.25, 0.3) is 0 Å². The van der Waals surface area contributed by atoms with Gasteiger partial charge in [-0.15, -0.1) is 11.3 Å². The smallest absolute Gasteiger partial charge is 0.379 e. The van der Waals surface area contributed by atoms with Gasteiger partial charge in [0, 0.05) is 38.1 Å². The number of hydrogen-bond acceptors (Lipinski definition) is 5. The van der Waals surface area contributed by atoms with Gasteiger partial charge in [0.15, 0.2) is 5.96 Å². The van der Waals surface area contributed by atoms with Crippen molar-refractivity contribution in [1.29, 1.82) is 0 Å². The number of thiophene rings is 1. The average Bonchev–Trinajstić information content (AvgIpc) is 3.17. The molecule has 10 heteroatoms. The van der Waals surface area contributed by atoms with Gasteiger partial charge in [0.2, 0.25) is 0 Å². The predicted molar refractivity (Wildman–Crippen MR) is 107 cm³/mol. The van der Waals surface area contributed by atoms with Gasteiger partial charge in [-0.3, -0.25) is 14.8 Å². The summed E-state index contributed by atoms with van der Waals surface area (Å²) in [4.78, 5) is 9.20. The number of nitrogens with zero attached hydrogens (tertiary/aromatic N) is 3. The first-order chi connectivity index (χ1) is 13.4. The fourth-order valence-electron chi connectivity index (χ4n) is 3.13. The van der Waals surface area contributed by atoms with Crippen LogP contribution in [0.5, 0.6) is 0 Å². The van der Waals surface area contributed by atoms with Crippen LogP contribution in [-0.2, 0) is 4.74 Å². The van der Waals surface area contributed by atoms with Crippen molar-refractivity contribution in [2.75, 3.05) is 66.6 Å². The number of rotatable bonds is 9.